The van der Waals surface area contributed by atoms with Crippen LogP contribution in [0.25, 0.3) is 0 Å². The van der Waals surface area contributed by atoms with E-state index >= 15 is 0 Å². The molecular formula is C14H22N2. The third kappa shape index (κ3) is 2.45. The molecule has 0 bridgehead atoms. The predicted octanol–water partition coefficient (Wildman–Crippen LogP) is 2.25. The predicted molar refractivity (Wildman–Crippen MR) is 68.2 cm³/mol. The summed E-state index contributed by atoms with van der Waals surface area (Å²) >= 11 is 0. The van der Waals surface area contributed by atoms with Gasteiger partial charge in [0.2, 0.25) is 0 Å². The van der Waals surface area contributed by atoms with E-state index in [1.165, 1.54) is 11.1 Å². The Morgan fingerprint density at radius 3 is 2.19 bits per heavy atom. The van der Waals surface area contributed by atoms with E-state index in [-0.39, 0.29) is 0 Å². The SMILES string of the molecule is CNC(CN1Cc2ccccc2C1)C(C)C. The molecule has 1 unspecified atom stereocenters. The fourth-order valence-electron chi connectivity index (χ4n) is 2.45. The van der Waals surface area contributed by atoms with Crippen molar-refractivity contribution in [3.05, 3.63) is 35.4 Å². The zero-order valence-corrected chi connectivity index (χ0v) is 10.5. The minimum Gasteiger partial charge on any atom is -0.315 e. The monoisotopic (exact) mass is 218 g/mol. The Labute approximate surface area is 98.7 Å². The molecule has 0 radical (unpaired) electrons. The van der Waals surface area contributed by atoms with Crippen molar-refractivity contribution in [1.82, 2.24) is 10.2 Å². The summed E-state index contributed by atoms with van der Waals surface area (Å²) in [6.45, 7) is 7.93. The lowest BCUT2D eigenvalue weighted by Gasteiger charge is -2.26. The van der Waals surface area contributed by atoms with Crippen molar-refractivity contribution in [2.24, 2.45) is 5.92 Å². The smallest absolute Gasteiger partial charge is 0.0241 e. The van der Waals surface area contributed by atoms with Crippen molar-refractivity contribution in [2.75, 3.05) is 13.6 Å². The maximum atomic E-state index is 3.41. The van der Waals surface area contributed by atoms with Crippen LogP contribution < -0.4 is 5.32 Å². The van der Waals surface area contributed by atoms with Crippen molar-refractivity contribution in [2.45, 2.75) is 33.0 Å². The molecule has 1 aromatic carbocycles. The first-order valence-corrected chi connectivity index (χ1v) is 6.17. The number of benzene rings is 1. The lowest BCUT2D eigenvalue weighted by molar-refractivity contribution is 0.227. The van der Waals surface area contributed by atoms with Gasteiger partial charge in [0.15, 0.2) is 0 Å². The van der Waals surface area contributed by atoms with Gasteiger partial charge in [0.05, 0.1) is 0 Å². The van der Waals surface area contributed by atoms with Crippen LogP contribution in [-0.2, 0) is 13.1 Å². The molecule has 0 spiro atoms. The van der Waals surface area contributed by atoms with Gasteiger partial charge in [-0.15, -0.1) is 0 Å². The molecule has 1 atom stereocenters. The summed E-state index contributed by atoms with van der Waals surface area (Å²) in [6.07, 6.45) is 0. The number of rotatable bonds is 4. The van der Waals surface area contributed by atoms with Crippen LogP contribution in [-0.4, -0.2) is 24.5 Å². The molecule has 0 aliphatic carbocycles. The summed E-state index contributed by atoms with van der Waals surface area (Å²) in [6, 6.07) is 9.37. The summed E-state index contributed by atoms with van der Waals surface area (Å²) < 4.78 is 0. The van der Waals surface area contributed by atoms with E-state index in [9.17, 15) is 0 Å². The topological polar surface area (TPSA) is 15.3 Å². The lowest BCUT2D eigenvalue weighted by atomic mass is 10.0. The number of hydrogen-bond acceptors (Lipinski definition) is 2. The second-order valence-corrected chi connectivity index (χ2v) is 5.08. The Morgan fingerprint density at radius 2 is 1.75 bits per heavy atom. The molecular weight excluding hydrogens is 196 g/mol. The number of nitrogens with one attached hydrogen (secondary N) is 1. The van der Waals surface area contributed by atoms with Crippen molar-refractivity contribution in [3.8, 4) is 0 Å². The van der Waals surface area contributed by atoms with Gasteiger partial charge in [-0.1, -0.05) is 38.1 Å². The molecule has 0 fully saturated rings. The highest BCUT2D eigenvalue weighted by atomic mass is 15.2. The van der Waals surface area contributed by atoms with Gasteiger partial charge in [-0.2, -0.15) is 0 Å². The number of likely N-dealkylation sites (N-methyl/N-ethyl adjacent to an activating group) is 1. The molecule has 0 amide bonds. The van der Waals surface area contributed by atoms with E-state index in [0.717, 1.165) is 19.6 Å². The summed E-state index contributed by atoms with van der Waals surface area (Å²) in [5.41, 5.74) is 3.00. The summed E-state index contributed by atoms with van der Waals surface area (Å²) in [5.74, 6) is 0.689. The van der Waals surface area contributed by atoms with Crippen LogP contribution in [0, 0.1) is 5.92 Å². The fourth-order valence-corrected chi connectivity index (χ4v) is 2.45. The normalized spacial score (nSPS) is 17.8. The van der Waals surface area contributed by atoms with E-state index in [1.54, 1.807) is 0 Å². The Morgan fingerprint density at radius 1 is 1.19 bits per heavy atom. The summed E-state index contributed by atoms with van der Waals surface area (Å²) in [4.78, 5) is 2.53. The van der Waals surface area contributed by atoms with E-state index in [1.807, 2.05) is 0 Å². The van der Waals surface area contributed by atoms with E-state index in [0.29, 0.717) is 12.0 Å². The zero-order valence-electron chi connectivity index (χ0n) is 10.5. The van der Waals surface area contributed by atoms with Gasteiger partial charge in [-0.25, -0.2) is 0 Å². The highest BCUT2D eigenvalue weighted by Crippen LogP contribution is 2.22. The summed E-state index contributed by atoms with van der Waals surface area (Å²) in [5, 5.41) is 3.41. The van der Waals surface area contributed by atoms with Gasteiger partial charge in [0.25, 0.3) is 0 Å². The standard InChI is InChI=1S/C14H22N2/c1-11(2)14(15-3)10-16-8-12-6-4-5-7-13(12)9-16/h4-7,11,14-15H,8-10H2,1-3H3. The van der Waals surface area contributed by atoms with Gasteiger partial charge in [0.1, 0.15) is 0 Å². The molecule has 2 nitrogen and oxygen atoms in total. The minimum atomic E-state index is 0.592. The van der Waals surface area contributed by atoms with Gasteiger partial charge in [-0.05, 0) is 24.1 Å². The Kier molecular flexibility index (Phi) is 3.62. The molecule has 88 valence electrons. The fraction of sp³-hybridized carbons (Fsp3) is 0.571. The van der Waals surface area contributed by atoms with Crippen molar-refractivity contribution < 1.29 is 0 Å². The molecule has 0 saturated heterocycles. The van der Waals surface area contributed by atoms with Crippen molar-refractivity contribution in [1.29, 1.82) is 0 Å². The Bertz CT molecular complexity index is 321. The first-order chi connectivity index (χ1) is 7.70. The van der Waals surface area contributed by atoms with Crippen LogP contribution in [0.2, 0.25) is 0 Å². The third-order valence-electron chi connectivity index (χ3n) is 3.54. The molecule has 1 aliphatic rings. The van der Waals surface area contributed by atoms with Crippen molar-refractivity contribution in [3.63, 3.8) is 0 Å². The highest BCUT2D eigenvalue weighted by molar-refractivity contribution is 5.30. The molecule has 1 N–H and O–H groups in total. The first kappa shape index (κ1) is 11.6. The molecule has 1 aromatic rings. The molecule has 2 heteroatoms. The van der Waals surface area contributed by atoms with Gasteiger partial charge >= 0.3 is 0 Å². The second kappa shape index (κ2) is 4.98. The quantitative estimate of drug-likeness (QED) is 0.834. The van der Waals surface area contributed by atoms with Crippen molar-refractivity contribution >= 4 is 0 Å². The molecule has 2 rings (SSSR count). The average Bonchev–Trinajstić information content (AvgIpc) is 2.67. The lowest BCUT2D eigenvalue weighted by Crippen LogP contribution is -2.40. The molecule has 0 aromatic heterocycles. The summed E-state index contributed by atoms with van der Waals surface area (Å²) in [7, 11) is 2.06. The Balaban J connectivity index is 1.96. The number of hydrogen-bond donors (Lipinski definition) is 1. The molecule has 0 saturated carbocycles. The van der Waals surface area contributed by atoms with E-state index in [4.69, 9.17) is 0 Å². The third-order valence-corrected chi connectivity index (χ3v) is 3.54. The van der Waals surface area contributed by atoms with Crippen LogP contribution >= 0.6 is 0 Å². The second-order valence-electron chi connectivity index (χ2n) is 5.08. The minimum absolute atomic E-state index is 0.592. The maximum absolute atomic E-state index is 3.41. The molecule has 16 heavy (non-hydrogen) atoms. The average molecular weight is 218 g/mol. The van der Waals surface area contributed by atoms with Crippen LogP contribution in [0.5, 0.6) is 0 Å². The number of nitrogens with zero attached hydrogens (tertiary/aromatic N) is 1. The van der Waals surface area contributed by atoms with E-state index in [2.05, 4.69) is 55.4 Å². The number of fused-ring (bicyclic) bond motifs is 1. The first-order valence-electron chi connectivity index (χ1n) is 6.17. The highest BCUT2D eigenvalue weighted by Gasteiger charge is 2.21. The molecule has 1 aliphatic heterocycles. The van der Waals surface area contributed by atoms with Gasteiger partial charge in [-0.3, -0.25) is 4.90 Å². The Hall–Kier alpha value is -0.860. The zero-order chi connectivity index (χ0) is 11.5. The van der Waals surface area contributed by atoms with Crippen LogP contribution in [0.4, 0.5) is 0 Å². The van der Waals surface area contributed by atoms with Crippen LogP contribution in [0.1, 0.15) is 25.0 Å². The van der Waals surface area contributed by atoms with E-state index < -0.39 is 0 Å². The van der Waals surface area contributed by atoms with Crippen LogP contribution in [0.3, 0.4) is 0 Å². The molecule has 1 heterocycles. The maximum Gasteiger partial charge on any atom is 0.0241 e. The van der Waals surface area contributed by atoms with Crippen LogP contribution in [0.15, 0.2) is 24.3 Å². The van der Waals surface area contributed by atoms with Gasteiger partial charge in [0, 0.05) is 25.7 Å². The van der Waals surface area contributed by atoms with Gasteiger partial charge < -0.3 is 5.32 Å². The largest absolute Gasteiger partial charge is 0.315 e.